The van der Waals surface area contributed by atoms with Gasteiger partial charge in [0.25, 0.3) is 0 Å². The number of nitro benzene ring substituents is 1. The smallest absolute Gasteiger partial charge is 0.310 e. The van der Waals surface area contributed by atoms with Gasteiger partial charge < -0.3 is 10.5 Å². The molecule has 0 saturated carbocycles. The van der Waals surface area contributed by atoms with E-state index in [0.29, 0.717) is 10.6 Å². The Morgan fingerprint density at radius 1 is 1.47 bits per heavy atom. The first-order valence-electron chi connectivity index (χ1n) is 5.19. The van der Waals surface area contributed by atoms with Gasteiger partial charge in [-0.2, -0.15) is 5.26 Å². The molecule has 0 saturated heterocycles. The highest BCUT2D eigenvalue weighted by atomic mass is 32.1. The molecule has 0 fully saturated rings. The molecule has 0 aliphatic carbocycles. The number of thiophene rings is 1. The van der Waals surface area contributed by atoms with Crippen LogP contribution >= 0.6 is 11.3 Å². The minimum absolute atomic E-state index is 0.101. The molecule has 1 aromatic carbocycles. The van der Waals surface area contributed by atoms with Crippen molar-refractivity contribution in [2.24, 2.45) is 0 Å². The summed E-state index contributed by atoms with van der Waals surface area (Å²) in [4.78, 5) is 11.5. The lowest BCUT2D eigenvalue weighted by atomic mass is 10.1. The van der Waals surface area contributed by atoms with Crippen molar-refractivity contribution in [3.63, 3.8) is 0 Å². The van der Waals surface area contributed by atoms with E-state index < -0.39 is 4.92 Å². The summed E-state index contributed by atoms with van der Waals surface area (Å²) >= 11 is 1.23. The molecule has 0 spiro atoms. The van der Waals surface area contributed by atoms with Crippen LogP contribution < -0.4 is 10.5 Å². The second-order valence-corrected chi connectivity index (χ2v) is 4.70. The van der Waals surface area contributed by atoms with Crippen molar-refractivity contribution in [2.45, 2.75) is 0 Å². The summed E-state index contributed by atoms with van der Waals surface area (Å²) in [6.07, 6.45) is 0. The molecule has 0 atom stereocenters. The zero-order valence-electron chi connectivity index (χ0n) is 9.91. The number of ether oxygens (including phenoxy) is 1. The number of hydrogen-bond acceptors (Lipinski definition) is 6. The van der Waals surface area contributed by atoms with Crippen LogP contribution in [0.2, 0.25) is 0 Å². The number of rotatable bonds is 3. The van der Waals surface area contributed by atoms with Gasteiger partial charge in [-0.25, -0.2) is 0 Å². The Hall–Kier alpha value is -2.59. The number of nitriles is 1. The topological polar surface area (TPSA) is 102 Å². The standard InChI is InChI=1S/C12H9N3O3S/c1-18-10-4-7(2-3-9(10)15(16)17)11-5-8(14)12(6-13)19-11/h2-5H,14H2,1H3. The number of benzene rings is 1. The van der Waals surface area contributed by atoms with E-state index in [1.807, 2.05) is 6.07 Å². The van der Waals surface area contributed by atoms with Gasteiger partial charge in [0.05, 0.1) is 17.7 Å². The molecule has 0 aliphatic heterocycles. The average Bonchev–Trinajstić information content (AvgIpc) is 2.79. The Kier molecular flexibility index (Phi) is 3.35. The maximum atomic E-state index is 10.8. The molecule has 96 valence electrons. The number of nitrogens with zero attached hydrogens (tertiary/aromatic N) is 2. The third-order valence-corrected chi connectivity index (χ3v) is 3.63. The average molecular weight is 275 g/mol. The summed E-state index contributed by atoms with van der Waals surface area (Å²) in [5.41, 5.74) is 6.71. The monoisotopic (exact) mass is 275 g/mol. The fourth-order valence-electron chi connectivity index (χ4n) is 1.62. The molecule has 0 radical (unpaired) electrons. The molecule has 1 aromatic heterocycles. The number of nitrogen functional groups attached to an aromatic ring is 1. The van der Waals surface area contributed by atoms with Gasteiger partial charge in [0.2, 0.25) is 0 Å². The lowest BCUT2D eigenvalue weighted by molar-refractivity contribution is -0.385. The predicted molar refractivity (Wildman–Crippen MR) is 72.1 cm³/mol. The third kappa shape index (κ3) is 2.34. The van der Waals surface area contributed by atoms with E-state index in [2.05, 4.69) is 0 Å². The zero-order chi connectivity index (χ0) is 14.0. The maximum Gasteiger partial charge on any atom is 0.310 e. The van der Waals surface area contributed by atoms with Crippen molar-refractivity contribution in [3.8, 4) is 22.3 Å². The van der Waals surface area contributed by atoms with E-state index >= 15 is 0 Å². The van der Waals surface area contributed by atoms with Crippen LogP contribution in [0.25, 0.3) is 10.4 Å². The molecule has 2 aromatic rings. The molecular weight excluding hydrogens is 266 g/mol. The summed E-state index contributed by atoms with van der Waals surface area (Å²) in [7, 11) is 1.37. The summed E-state index contributed by atoms with van der Waals surface area (Å²) in [6.45, 7) is 0. The molecule has 0 amide bonds. The summed E-state index contributed by atoms with van der Waals surface area (Å²) in [5.74, 6) is 0.174. The molecule has 0 unspecified atom stereocenters. The van der Waals surface area contributed by atoms with Crippen LogP contribution in [-0.4, -0.2) is 12.0 Å². The first-order chi connectivity index (χ1) is 9.06. The number of methoxy groups -OCH3 is 1. The van der Waals surface area contributed by atoms with Crippen LogP contribution in [0.4, 0.5) is 11.4 Å². The Morgan fingerprint density at radius 3 is 2.74 bits per heavy atom. The van der Waals surface area contributed by atoms with Crippen LogP contribution in [0.1, 0.15) is 4.88 Å². The molecule has 0 bridgehead atoms. The lowest BCUT2D eigenvalue weighted by Gasteiger charge is -2.03. The van der Waals surface area contributed by atoms with Gasteiger partial charge >= 0.3 is 5.69 Å². The molecule has 2 rings (SSSR count). The van der Waals surface area contributed by atoms with E-state index in [1.165, 1.54) is 24.5 Å². The third-order valence-electron chi connectivity index (χ3n) is 2.52. The number of nitrogens with two attached hydrogens (primary N) is 1. The highest BCUT2D eigenvalue weighted by Gasteiger charge is 2.16. The highest BCUT2D eigenvalue weighted by Crippen LogP contribution is 2.37. The molecule has 2 N–H and O–H groups in total. The van der Waals surface area contributed by atoms with E-state index in [9.17, 15) is 10.1 Å². The number of hydrogen-bond donors (Lipinski definition) is 1. The Balaban J connectivity index is 2.51. The number of anilines is 1. The molecule has 6 nitrogen and oxygen atoms in total. The zero-order valence-corrected chi connectivity index (χ0v) is 10.7. The van der Waals surface area contributed by atoms with Crippen molar-refractivity contribution in [1.82, 2.24) is 0 Å². The first-order valence-corrected chi connectivity index (χ1v) is 6.00. The highest BCUT2D eigenvalue weighted by molar-refractivity contribution is 7.16. The van der Waals surface area contributed by atoms with Gasteiger partial charge in [0, 0.05) is 10.9 Å². The van der Waals surface area contributed by atoms with E-state index in [-0.39, 0.29) is 11.4 Å². The minimum Gasteiger partial charge on any atom is -0.490 e. The summed E-state index contributed by atoms with van der Waals surface area (Å²) < 4.78 is 5.00. The predicted octanol–water partition coefficient (Wildman–Crippen LogP) is 2.79. The lowest BCUT2D eigenvalue weighted by Crippen LogP contribution is -1.93. The normalized spacial score (nSPS) is 9.89. The van der Waals surface area contributed by atoms with Crippen LogP contribution in [-0.2, 0) is 0 Å². The Labute approximate surface area is 112 Å². The van der Waals surface area contributed by atoms with Crippen LogP contribution in [0.3, 0.4) is 0 Å². The molecule has 0 aliphatic rings. The van der Waals surface area contributed by atoms with Gasteiger partial charge in [0.15, 0.2) is 5.75 Å². The van der Waals surface area contributed by atoms with Gasteiger partial charge in [-0.05, 0) is 23.8 Å². The van der Waals surface area contributed by atoms with Crippen LogP contribution in [0, 0.1) is 21.4 Å². The second kappa shape index (κ2) is 4.96. The van der Waals surface area contributed by atoms with E-state index in [4.69, 9.17) is 15.7 Å². The van der Waals surface area contributed by atoms with Crippen LogP contribution in [0.5, 0.6) is 5.75 Å². The van der Waals surface area contributed by atoms with Gasteiger partial charge in [-0.1, -0.05) is 0 Å². The molecular formula is C12H9N3O3S. The maximum absolute atomic E-state index is 10.8. The summed E-state index contributed by atoms with van der Waals surface area (Å²) in [6, 6.07) is 8.20. The fraction of sp³-hybridized carbons (Fsp3) is 0.0833. The number of nitro groups is 1. The van der Waals surface area contributed by atoms with Gasteiger partial charge in [-0.3, -0.25) is 10.1 Å². The van der Waals surface area contributed by atoms with Crippen molar-refractivity contribution in [1.29, 1.82) is 5.26 Å². The Morgan fingerprint density at radius 2 is 2.21 bits per heavy atom. The second-order valence-electron chi connectivity index (χ2n) is 3.65. The molecule has 19 heavy (non-hydrogen) atoms. The van der Waals surface area contributed by atoms with Gasteiger partial charge in [-0.15, -0.1) is 11.3 Å². The fourth-order valence-corrected chi connectivity index (χ4v) is 2.49. The molecule has 7 heteroatoms. The Bertz CT molecular complexity index is 688. The van der Waals surface area contributed by atoms with Crippen molar-refractivity contribution < 1.29 is 9.66 Å². The molecule has 1 heterocycles. The quantitative estimate of drug-likeness (QED) is 0.685. The largest absolute Gasteiger partial charge is 0.490 e. The van der Waals surface area contributed by atoms with Crippen molar-refractivity contribution >= 4 is 22.7 Å². The van der Waals surface area contributed by atoms with E-state index in [1.54, 1.807) is 18.2 Å². The van der Waals surface area contributed by atoms with Crippen LogP contribution in [0.15, 0.2) is 24.3 Å². The summed E-state index contributed by atoms with van der Waals surface area (Å²) in [5, 5.41) is 19.7. The minimum atomic E-state index is -0.508. The van der Waals surface area contributed by atoms with Gasteiger partial charge in [0.1, 0.15) is 10.9 Å². The van der Waals surface area contributed by atoms with Crippen molar-refractivity contribution in [3.05, 3.63) is 39.3 Å². The SMILES string of the molecule is COc1cc(-c2cc(N)c(C#N)s2)ccc1[N+](=O)[O-]. The van der Waals surface area contributed by atoms with Crippen molar-refractivity contribution in [2.75, 3.05) is 12.8 Å². The first kappa shape index (κ1) is 12.9. The van der Waals surface area contributed by atoms with E-state index in [0.717, 1.165) is 10.4 Å².